The highest BCUT2D eigenvalue weighted by Gasteiger charge is 2.14. The van der Waals surface area contributed by atoms with E-state index < -0.39 is 0 Å². The Bertz CT molecular complexity index is 315. The number of aryl methyl sites for hydroxylation is 1. The molecule has 0 fully saturated rings. The van der Waals surface area contributed by atoms with Gasteiger partial charge >= 0.3 is 5.97 Å². The molecule has 0 aliphatic rings. The van der Waals surface area contributed by atoms with Crippen LogP contribution in [-0.2, 0) is 11.8 Å². The monoisotopic (exact) mass is 182 g/mol. The minimum absolute atomic E-state index is 0.357. The van der Waals surface area contributed by atoms with E-state index in [4.69, 9.17) is 0 Å². The molecule has 0 spiro atoms. The lowest BCUT2D eigenvalue weighted by molar-refractivity contribution is 0.0593. The summed E-state index contributed by atoms with van der Waals surface area (Å²) in [6, 6.07) is 1.76. The summed E-state index contributed by atoms with van der Waals surface area (Å²) < 4.78 is 6.27. The van der Waals surface area contributed by atoms with Crippen molar-refractivity contribution < 1.29 is 9.53 Å². The summed E-state index contributed by atoms with van der Waals surface area (Å²) in [5.41, 5.74) is 1.40. The van der Waals surface area contributed by atoms with Crippen LogP contribution in [0.15, 0.2) is 6.07 Å². The molecule has 1 aromatic heterocycles. The van der Waals surface area contributed by atoms with Crippen LogP contribution in [0.5, 0.6) is 0 Å². The van der Waals surface area contributed by atoms with Crippen LogP contribution >= 0.6 is 0 Å². The number of carbonyl (C=O) groups excluding carboxylic acids is 1. The van der Waals surface area contributed by atoms with Gasteiger partial charge in [0.25, 0.3) is 0 Å². The smallest absolute Gasteiger partial charge is 0.358 e. The van der Waals surface area contributed by atoms with Gasteiger partial charge in [-0.15, -0.1) is 0 Å². The van der Waals surface area contributed by atoms with E-state index in [0.29, 0.717) is 11.6 Å². The first kappa shape index (κ1) is 9.77. The van der Waals surface area contributed by atoms with Gasteiger partial charge in [-0.05, 0) is 12.0 Å². The number of hydrogen-bond donors (Lipinski definition) is 0. The van der Waals surface area contributed by atoms with Crippen LogP contribution < -0.4 is 0 Å². The van der Waals surface area contributed by atoms with E-state index in [1.165, 1.54) is 7.11 Å². The van der Waals surface area contributed by atoms with Crippen LogP contribution in [0.2, 0.25) is 0 Å². The van der Waals surface area contributed by atoms with Crippen LogP contribution in [0, 0.1) is 0 Å². The SMILES string of the molecule is COC(=O)c1cc(C(C)C)n(C)n1. The molecule has 0 bridgehead atoms. The third-order valence-corrected chi connectivity index (χ3v) is 1.90. The van der Waals surface area contributed by atoms with Gasteiger partial charge in [-0.25, -0.2) is 4.79 Å². The second-order valence-electron chi connectivity index (χ2n) is 3.22. The highest BCUT2D eigenvalue weighted by Crippen LogP contribution is 2.14. The van der Waals surface area contributed by atoms with Gasteiger partial charge in [0.2, 0.25) is 0 Å². The Kier molecular flexibility index (Phi) is 2.70. The van der Waals surface area contributed by atoms with E-state index in [2.05, 4.69) is 23.7 Å². The zero-order valence-corrected chi connectivity index (χ0v) is 8.37. The van der Waals surface area contributed by atoms with Crippen LogP contribution in [0.4, 0.5) is 0 Å². The van der Waals surface area contributed by atoms with Crippen molar-refractivity contribution in [3.05, 3.63) is 17.5 Å². The highest BCUT2D eigenvalue weighted by atomic mass is 16.5. The fraction of sp³-hybridized carbons (Fsp3) is 0.556. The highest BCUT2D eigenvalue weighted by molar-refractivity contribution is 5.87. The predicted molar refractivity (Wildman–Crippen MR) is 48.6 cm³/mol. The van der Waals surface area contributed by atoms with Gasteiger partial charge in [0.1, 0.15) is 0 Å². The molecule has 0 saturated carbocycles. The third-order valence-electron chi connectivity index (χ3n) is 1.90. The van der Waals surface area contributed by atoms with Crippen LogP contribution in [0.25, 0.3) is 0 Å². The zero-order valence-electron chi connectivity index (χ0n) is 8.37. The number of hydrogen-bond acceptors (Lipinski definition) is 3. The Morgan fingerprint density at radius 2 is 2.23 bits per heavy atom. The Hall–Kier alpha value is -1.32. The molecule has 72 valence electrons. The van der Waals surface area contributed by atoms with Crippen molar-refractivity contribution in [2.24, 2.45) is 7.05 Å². The number of esters is 1. The van der Waals surface area contributed by atoms with Gasteiger partial charge in [-0.2, -0.15) is 5.10 Å². The number of methoxy groups -OCH3 is 1. The van der Waals surface area contributed by atoms with Crippen molar-refractivity contribution in [1.29, 1.82) is 0 Å². The van der Waals surface area contributed by atoms with Crippen molar-refractivity contribution >= 4 is 5.97 Å². The minimum atomic E-state index is -0.387. The molecular weight excluding hydrogens is 168 g/mol. The Morgan fingerprint density at radius 3 is 2.62 bits per heavy atom. The molecule has 0 N–H and O–H groups in total. The lowest BCUT2D eigenvalue weighted by atomic mass is 10.1. The summed E-state index contributed by atoms with van der Waals surface area (Å²) in [7, 11) is 3.17. The summed E-state index contributed by atoms with van der Waals surface area (Å²) >= 11 is 0. The molecule has 0 saturated heterocycles. The second-order valence-corrected chi connectivity index (χ2v) is 3.22. The molecular formula is C9H14N2O2. The van der Waals surface area contributed by atoms with Gasteiger partial charge < -0.3 is 4.74 Å². The van der Waals surface area contributed by atoms with E-state index >= 15 is 0 Å². The molecule has 0 radical (unpaired) electrons. The van der Waals surface area contributed by atoms with Gasteiger partial charge in [0.05, 0.1) is 7.11 Å². The number of rotatable bonds is 2. The van der Waals surface area contributed by atoms with E-state index in [9.17, 15) is 4.79 Å². The van der Waals surface area contributed by atoms with Crippen LogP contribution in [-0.4, -0.2) is 22.9 Å². The molecule has 1 rings (SSSR count). The summed E-state index contributed by atoms with van der Waals surface area (Å²) in [5, 5.41) is 4.04. The summed E-state index contributed by atoms with van der Waals surface area (Å²) in [6.45, 7) is 4.11. The summed E-state index contributed by atoms with van der Waals surface area (Å²) in [4.78, 5) is 11.1. The molecule has 0 aromatic carbocycles. The number of ether oxygens (including phenoxy) is 1. The summed E-state index contributed by atoms with van der Waals surface area (Å²) in [6.07, 6.45) is 0. The van der Waals surface area contributed by atoms with Crippen molar-refractivity contribution in [2.45, 2.75) is 19.8 Å². The van der Waals surface area contributed by atoms with Gasteiger partial charge in [-0.1, -0.05) is 13.8 Å². The lowest BCUT2D eigenvalue weighted by Gasteiger charge is -2.02. The van der Waals surface area contributed by atoms with E-state index in [1.807, 2.05) is 7.05 Å². The van der Waals surface area contributed by atoms with E-state index in [-0.39, 0.29) is 5.97 Å². The van der Waals surface area contributed by atoms with Crippen molar-refractivity contribution in [1.82, 2.24) is 9.78 Å². The van der Waals surface area contributed by atoms with Crippen molar-refractivity contribution in [3.8, 4) is 0 Å². The zero-order chi connectivity index (χ0) is 10.0. The lowest BCUT2D eigenvalue weighted by Crippen LogP contribution is -2.03. The fourth-order valence-electron chi connectivity index (χ4n) is 1.23. The van der Waals surface area contributed by atoms with Crippen molar-refractivity contribution in [3.63, 3.8) is 0 Å². The van der Waals surface area contributed by atoms with Gasteiger partial charge in [-0.3, -0.25) is 4.68 Å². The summed E-state index contributed by atoms with van der Waals surface area (Å²) in [5.74, 6) is -0.0293. The topological polar surface area (TPSA) is 44.1 Å². The molecule has 0 atom stereocenters. The predicted octanol–water partition coefficient (Wildman–Crippen LogP) is 1.33. The average molecular weight is 182 g/mol. The number of nitrogens with zero attached hydrogens (tertiary/aromatic N) is 2. The number of carbonyl (C=O) groups is 1. The maximum absolute atomic E-state index is 11.1. The van der Waals surface area contributed by atoms with Crippen LogP contribution in [0.1, 0.15) is 35.9 Å². The standard InChI is InChI=1S/C9H14N2O2/c1-6(2)8-5-7(9(12)13-4)10-11(8)3/h5-6H,1-4H3. The molecule has 4 heteroatoms. The first-order valence-electron chi connectivity index (χ1n) is 4.18. The molecule has 13 heavy (non-hydrogen) atoms. The quantitative estimate of drug-likeness (QED) is 0.648. The Morgan fingerprint density at radius 1 is 1.62 bits per heavy atom. The molecule has 0 unspecified atom stereocenters. The fourth-order valence-corrected chi connectivity index (χ4v) is 1.23. The van der Waals surface area contributed by atoms with E-state index in [1.54, 1.807) is 10.7 Å². The molecule has 0 amide bonds. The molecule has 1 aromatic rings. The Balaban J connectivity index is 3.02. The second kappa shape index (κ2) is 3.60. The molecule has 0 aliphatic carbocycles. The van der Waals surface area contributed by atoms with Crippen LogP contribution in [0.3, 0.4) is 0 Å². The molecule has 1 heterocycles. The van der Waals surface area contributed by atoms with Gasteiger partial charge in [0, 0.05) is 12.7 Å². The van der Waals surface area contributed by atoms with Gasteiger partial charge in [0.15, 0.2) is 5.69 Å². The normalized spacial score (nSPS) is 10.5. The van der Waals surface area contributed by atoms with Crippen molar-refractivity contribution in [2.75, 3.05) is 7.11 Å². The average Bonchev–Trinajstić information content (AvgIpc) is 2.46. The maximum atomic E-state index is 11.1. The third kappa shape index (κ3) is 1.88. The first-order valence-corrected chi connectivity index (χ1v) is 4.18. The molecule has 4 nitrogen and oxygen atoms in total. The Labute approximate surface area is 77.5 Å². The van der Waals surface area contributed by atoms with E-state index in [0.717, 1.165) is 5.69 Å². The minimum Gasteiger partial charge on any atom is -0.464 e. The number of aromatic nitrogens is 2. The largest absolute Gasteiger partial charge is 0.464 e. The maximum Gasteiger partial charge on any atom is 0.358 e. The first-order chi connectivity index (χ1) is 6.06. The molecule has 0 aliphatic heterocycles.